The maximum atomic E-state index is 13.4. The third-order valence-corrected chi connectivity index (χ3v) is 4.42. The van der Waals surface area contributed by atoms with E-state index >= 15 is 0 Å². The fourth-order valence-corrected chi connectivity index (χ4v) is 3.35. The predicted molar refractivity (Wildman–Crippen MR) is 79.0 cm³/mol. The van der Waals surface area contributed by atoms with Crippen LogP contribution in [-0.4, -0.2) is 6.54 Å². The summed E-state index contributed by atoms with van der Waals surface area (Å²) in [5, 5.41) is 4.13. The minimum atomic E-state index is -0.203. The van der Waals surface area contributed by atoms with E-state index in [1.54, 1.807) is 12.1 Å². The van der Waals surface area contributed by atoms with E-state index in [2.05, 4.69) is 12.2 Å². The van der Waals surface area contributed by atoms with Crippen molar-refractivity contribution in [1.29, 1.82) is 0 Å². The van der Waals surface area contributed by atoms with Gasteiger partial charge in [-0.05, 0) is 42.6 Å². The molecule has 0 heterocycles. The van der Waals surface area contributed by atoms with Gasteiger partial charge in [-0.25, -0.2) is 4.39 Å². The molecule has 1 aromatic carbocycles. The molecule has 1 atom stereocenters. The van der Waals surface area contributed by atoms with Crippen molar-refractivity contribution in [2.75, 3.05) is 6.54 Å². The van der Waals surface area contributed by atoms with Crippen molar-refractivity contribution in [3.63, 3.8) is 0 Å². The summed E-state index contributed by atoms with van der Waals surface area (Å²) in [6, 6.07) is 4.85. The van der Waals surface area contributed by atoms with E-state index in [0.717, 1.165) is 24.4 Å². The smallest absolute Gasteiger partial charge is 0.123 e. The van der Waals surface area contributed by atoms with E-state index < -0.39 is 0 Å². The van der Waals surface area contributed by atoms with E-state index in [1.165, 1.54) is 38.2 Å². The summed E-state index contributed by atoms with van der Waals surface area (Å²) in [4.78, 5) is 0. The van der Waals surface area contributed by atoms with Gasteiger partial charge in [-0.1, -0.05) is 50.6 Å². The lowest BCUT2D eigenvalue weighted by Gasteiger charge is -2.28. The number of hydrogen-bond acceptors (Lipinski definition) is 1. The maximum Gasteiger partial charge on any atom is 0.123 e. The number of hydrogen-bond donors (Lipinski definition) is 1. The van der Waals surface area contributed by atoms with Crippen molar-refractivity contribution in [2.45, 2.75) is 51.5 Å². The highest BCUT2D eigenvalue weighted by atomic mass is 35.5. The van der Waals surface area contributed by atoms with Gasteiger partial charge in [-0.3, -0.25) is 0 Å². The van der Waals surface area contributed by atoms with E-state index in [9.17, 15) is 4.39 Å². The molecule has 1 saturated carbocycles. The molecule has 0 saturated heterocycles. The zero-order chi connectivity index (χ0) is 13.7. The molecular weight excluding hydrogens is 261 g/mol. The molecule has 2 rings (SSSR count). The molecule has 0 spiro atoms. The largest absolute Gasteiger partial charge is 0.310 e. The molecule has 1 fully saturated rings. The highest BCUT2D eigenvalue weighted by Gasteiger charge is 2.21. The molecule has 0 amide bonds. The standard InChI is InChI=1S/C16H23ClFN/c1-2-19-16(10-12-6-4-3-5-7-12)14-11-13(18)8-9-15(14)17/h8-9,11-12,16,19H,2-7,10H2,1H3. The van der Waals surface area contributed by atoms with Gasteiger partial charge in [0.1, 0.15) is 5.82 Å². The first-order valence-electron chi connectivity index (χ1n) is 7.39. The van der Waals surface area contributed by atoms with Crippen LogP contribution in [0.1, 0.15) is 57.1 Å². The van der Waals surface area contributed by atoms with Crippen LogP contribution in [0.5, 0.6) is 0 Å². The lowest BCUT2D eigenvalue weighted by atomic mass is 9.83. The van der Waals surface area contributed by atoms with E-state index in [4.69, 9.17) is 11.6 Å². The number of benzene rings is 1. The summed E-state index contributed by atoms with van der Waals surface area (Å²) < 4.78 is 13.4. The van der Waals surface area contributed by atoms with Crippen molar-refractivity contribution >= 4 is 11.6 Å². The van der Waals surface area contributed by atoms with Crippen molar-refractivity contribution in [2.24, 2.45) is 5.92 Å². The molecule has 1 aliphatic carbocycles. The molecule has 0 radical (unpaired) electrons. The molecule has 0 aliphatic heterocycles. The molecule has 3 heteroatoms. The fourth-order valence-electron chi connectivity index (χ4n) is 3.10. The Morgan fingerprint density at radius 1 is 1.32 bits per heavy atom. The predicted octanol–water partition coefficient (Wildman–Crippen LogP) is 5.10. The van der Waals surface area contributed by atoms with Gasteiger partial charge in [0.15, 0.2) is 0 Å². The van der Waals surface area contributed by atoms with Crippen molar-refractivity contribution in [3.8, 4) is 0 Å². The lowest BCUT2D eigenvalue weighted by molar-refractivity contribution is 0.301. The second-order valence-electron chi connectivity index (χ2n) is 5.52. The van der Waals surface area contributed by atoms with Crippen LogP contribution in [0.3, 0.4) is 0 Å². The number of rotatable bonds is 5. The summed E-state index contributed by atoms with van der Waals surface area (Å²) in [5.74, 6) is 0.545. The van der Waals surface area contributed by atoms with Crippen LogP contribution in [0.25, 0.3) is 0 Å². The zero-order valence-electron chi connectivity index (χ0n) is 11.6. The van der Waals surface area contributed by atoms with Gasteiger partial charge in [0, 0.05) is 11.1 Å². The Morgan fingerprint density at radius 2 is 2.05 bits per heavy atom. The summed E-state index contributed by atoms with van der Waals surface area (Å²) in [6.07, 6.45) is 7.70. The second kappa shape index (κ2) is 7.25. The first-order chi connectivity index (χ1) is 9.20. The van der Waals surface area contributed by atoms with Crippen LogP contribution in [0.4, 0.5) is 4.39 Å². The van der Waals surface area contributed by atoms with Gasteiger partial charge in [0.05, 0.1) is 0 Å². The molecule has 1 aromatic rings. The Bertz CT molecular complexity index is 402. The van der Waals surface area contributed by atoms with Gasteiger partial charge >= 0.3 is 0 Å². The van der Waals surface area contributed by atoms with Crippen LogP contribution in [0, 0.1) is 11.7 Å². The third kappa shape index (κ3) is 4.19. The molecule has 0 bridgehead atoms. The molecular formula is C16H23ClFN. The highest BCUT2D eigenvalue weighted by molar-refractivity contribution is 6.31. The van der Waals surface area contributed by atoms with Crippen LogP contribution in [0.2, 0.25) is 5.02 Å². The zero-order valence-corrected chi connectivity index (χ0v) is 12.3. The SMILES string of the molecule is CCNC(CC1CCCCC1)c1cc(F)ccc1Cl. The van der Waals surface area contributed by atoms with Crippen molar-refractivity contribution < 1.29 is 4.39 Å². The van der Waals surface area contributed by atoms with Gasteiger partial charge in [-0.15, -0.1) is 0 Å². The Morgan fingerprint density at radius 3 is 2.74 bits per heavy atom. The first-order valence-corrected chi connectivity index (χ1v) is 7.76. The molecule has 1 aliphatic rings. The van der Waals surface area contributed by atoms with Gasteiger partial charge in [0.25, 0.3) is 0 Å². The summed E-state index contributed by atoms with van der Waals surface area (Å²) >= 11 is 6.24. The third-order valence-electron chi connectivity index (χ3n) is 4.08. The molecule has 1 unspecified atom stereocenters. The van der Waals surface area contributed by atoms with Crippen molar-refractivity contribution in [1.82, 2.24) is 5.32 Å². The normalized spacial score (nSPS) is 18.5. The van der Waals surface area contributed by atoms with E-state index in [0.29, 0.717) is 5.02 Å². The second-order valence-corrected chi connectivity index (χ2v) is 5.92. The Labute approximate surface area is 120 Å². The Balaban J connectivity index is 2.11. The van der Waals surface area contributed by atoms with Crippen LogP contribution >= 0.6 is 11.6 Å². The van der Waals surface area contributed by atoms with Crippen molar-refractivity contribution in [3.05, 3.63) is 34.6 Å². The molecule has 106 valence electrons. The van der Waals surface area contributed by atoms with Gasteiger partial charge < -0.3 is 5.32 Å². The van der Waals surface area contributed by atoms with Crippen LogP contribution in [-0.2, 0) is 0 Å². The molecule has 19 heavy (non-hydrogen) atoms. The average molecular weight is 284 g/mol. The van der Waals surface area contributed by atoms with E-state index in [1.807, 2.05) is 0 Å². The van der Waals surface area contributed by atoms with E-state index in [-0.39, 0.29) is 11.9 Å². The Hall–Kier alpha value is -0.600. The van der Waals surface area contributed by atoms with Crippen LogP contribution in [0.15, 0.2) is 18.2 Å². The fraction of sp³-hybridized carbons (Fsp3) is 0.625. The lowest BCUT2D eigenvalue weighted by Crippen LogP contribution is -2.24. The quantitative estimate of drug-likeness (QED) is 0.793. The molecule has 1 nitrogen and oxygen atoms in total. The minimum absolute atomic E-state index is 0.177. The maximum absolute atomic E-state index is 13.4. The summed E-state index contributed by atoms with van der Waals surface area (Å²) in [7, 11) is 0. The number of nitrogens with one attached hydrogen (secondary N) is 1. The number of halogens is 2. The van der Waals surface area contributed by atoms with Crippen LogP contribution < -0.4 is 5.32 Å². The summed E-state index contributed by atoms with van der Waals surface area (Å²) in [6.45, 7) is 2.96. The average Bonchev–Trinajstić information content (AvgIpc) is 2.42. The highest BCUT2D eigenvalue weighted by Crippen LogP contribution is 2.34. The monoisotopic (exact) mass is 283 g/mol. The minimum Gasteiger partial charge on any atom is -0.310 e. The molecule has 0 aromatic heterocycles. The Kier molecular flexibility index (Phi) is 5.65. The summed E-state index contributed by atoms with van der Waals surface area (Å²) in [5.41, 5.74) is 0.911. The topological polar surface area (TPSA) is 12.0 Å². The first kappa shape index (κ1) is 14.8. The van der Waals surface area contributed by atoms with Gasteiger partial charge in [-0.2, -0.15) is 0 Å². The molecule has 1 N–H and O–H groups in total. The van der Waals surface area contributed by atoms with Gasteiger partial charge in [0.2, 0.25) is 0 Å².